The molecule has 11 heavy (non-hydrogen) atoms. The molecule has 0 N–H and O–H groups in total. The van der Waals surface area contributed by atoms with Crippen molar-refractivity contribution < 1.29 is 26.2 Å². The SMILES string of the molecule is CC1=CC2=C([CH]1)CCCC2.[Zr]. The van der Waals surface area contributed by atoms with Crippen LogP contribution in [0.1, 0.15) is 32.6 Å². The fourth-order valence-electron chi connectivity index (χ4n) is 1.87. The first-order valence-electron chi connectivity index (χ1n) is 4.11. The van der Waals surface area contributed by atoms with Gasteiger partial charge in [0.2, 0.25) is 0 Å². The molecule has 0 unspecified atom stereocenters. The third kappa shape index (κ3) is 1.93. The minimum atomic E-state index is 0. The second-order valence-electron chi connectivity index (χ2n) is 3.29. The molecule has 57 valence electrons. The van der Waals surface area contributed by atoms with Crippen LogP contribution < -0.4 is 0 Å². The molecule has 0 heterocycles. The van der Waals surface area contributed by atoms with E-state index in [1.165, 1.54) is 31.3 Å². The molecule has 0 aromatic heterocycles. The molecule has 2 aliphatic carbocycles. The Morgan fingerprint density at radius 2 is 1.73 bits per heavy atom. The standard InChI is InChI=1S/C10H13.Zr/c1-8-6-9-4-2-3-5-10(9)7-8;/h6-7H,2-5H2,1H3;. The van der Waals surface area contributed by atoms with Crippen molar-refractivity contribution in [3.63, 3.8) is 0 Å². The van der Waals surface area contributed by atoms with Gasteiger partial charge in [0.05, 0.1) is 0 Å². The van der Waals surface area contributed by atoms with Crippen molar-refractivity contribution in [1.82, 2.24) is 0 Å². The summed E-state index contributed by atoms with van der Waals surface area (Å²) in [6, 6.07) is 0. The fraction of sp³-hybridized carbons (Fsp3) is 0.500. The molecule has 0 bridgehead atoms. The molecule has 0 spiro atoms. The van der Waals surface area contributed by atoms with E-state index in [9.17, 15) is 0 Å². The van der Waals surface area contributed by atoms with E-state index >= 15 is 0 Å². The molecule has 0 aliphatic heterocycles. The topological polar surface area (TPSA) is 0 Å². The molecule has 0 nitrogen and oxygen atoms in total. The number of hydrogen-bond acceptors (Lipinski definition) is 0. The largest absolute Gasteiger partial charge is 0.0649 e. The maximum absolute atomic E-state index is 2.34. The molecule has 0 saturated carbocycles. The molecule has 0 fully saturated rings. The van der Waals surface area contributed by atoms with E-state index in [1.54, 1.807) is 11.1 Å². The summed E-state index contributed by atoms with van der Waals surface area (Å²) in [7, 11) is 0. The van der Waals surface area contributed by atoms with Crippen molar-refractivity contribution in [3.8, 4) is 0 Å². The molecule has 0 atom stereocenters. The average Bonchev–Trinajstić information content (AvgIpc) is 2.27. The van der Waals surface area contributed by atoms with Crippen LogP contribution in [0.2, 0.25) is 0 Å². The third-order valence-corrected chi connectivity index (χ3v) is 2.36. The Hall–Kier alpha value is 0.363. The van der Waals surface area contributed by atoms with Crippen LogP contribution in [0.25, 0.3) is 0 Å². The second-order valence-corrected chi connectivity index (χ2v) is 3.29. The Balaban J connectivity index is 0.000000605. The maximum Gasteiger partial charge on any atom is 0.0116 e. The zero-order valence-electron chi connectivity index (χ0n) is 6.98. The van der Waals surface area contributed by atoms with Gasteiger partial charge in [-0.25, -0.2) is 0 Å². The van der Waals surface area contributed by atoms with Crippen molar-refractivity contribution >= 4 is 0 Å². The number of allylic oxidation sites excluding steroid dienone is 4. The normalized spacial score (nSPS) is 22.5. The molecular weight excluding hydrogens is 211 g/mol. The minimum Gasteiger partial charge on any atom is -0.0649 e. The summed E-state index contributed by atoms with van der Waals surface area (Å²) < 4.78 is 0. The molecule has 0 saturated heterocycles. The summed E-state index contributed by atoms with van der Waals surface area (Å²) in [6.07, 6.45) is 10.1. The van der Waals surface area contributed by atoms with E-state index in [1.807, 2.05) is 0 Å². The van der Waals surface area contributed by atoms with Gasteiger partial charge in [0, 0.05) is 32.6 Å². The molecule has 2 aliphatic rings. The Morgan fingerprint density at radius 3 is 2.36 bits per heavy atom. The van der Waals surface area contributed by atoms with Gasteiger partial charge in [-0.05, 0) is 38.2 Å². The number of rotatable bonds is 0. The zero-order chi connectivity index (χ0) is 6.97. The van der Waals surface area contributed by atoms with Gasteiger partial charge in [0.25, 0.3) is 0 Å². The van der Waals surface area contributed by atoms with Gasteiger partial charge in [-0.3, -0.25) is 0 Å². The Morgan fingerprint density at radius 1 is 1.09 bits per heavy atom. The van der Waals surface area contributed by atoms with Gasteiger partial charge in [-0.15, -0.1) is 0 Å². The first-order chi connectivity index (χ1) is 4.86. The summed E-state index contributed by atoms with van der Waals surface area (Å²) in [5.74, 6) is 0. The average molecular weight is 224 g/mol. The second kappa shape index (κ2) is 3.85. The third-order valence-electron chi connectivity index (χ3n) is 2.36. The molecule has 2 rings (SSSR count). The quantitative estimate of drug-likeness (QED) is 0.593. The fourth-order valence-corrected chi connectivity index (χ4v) is 1.87. The van der Waals surface area contributed by atoms with Gasteiger partial charge in [-0.2, -0.15) is 0 Å². The molecule has 0 amide bonds. The summed E-state index contributed by atoms with van der Waals surface area (Å²) in [4.78, 5) is 0. The maximum atomic E-state index is 2.34. The van der Waals surface area contributed by atoms with Gasteiger partial charge < -0.3 is 0 Å². The van der Waals surface area contributed by atoms with Gasteiger partial charge in [-0.1, -0.05) is 17.2 Å². The van der Waals surface area contributed by atoms with Crippen molar-refractivity contribution in [3.05, 3.63) is 29.2 Å². The van der Waals surface area contributed by atoms with E-state index < -0.39 is 0 Å². The Labute approximate surface area is 87.9 Å². The van der Waals surface area contributed by atoms with Crippen molar-refractivity contribution in [1.29, 1.82) is 0 Å². The van der Waals surface area contributed by atoms with Crippen LogP contribution in [0.4, 0.5) is 0 Å². The first-order valence-corrected chi connectivity index (χ1v) is 4.11. The first kappa shape index (κ1) is 9.45. The number of hydrogen-bond donors (Lipinski definition) is 0. The molecule has 0 aromatic rings. The van der Waals surface area contributed by atoms with Crippen LogP contribution in [0.5, 0.6) is 0 Å². The Bertz CT molecular complexity index is 211. The molecular formula is C10H13Zr. The summed E-state index contributed by atoms with van der Waals surface area (Å²) in [5.41, 5.74) is 4.68. The Kier molecular flexibility index (Phi) is 3.31. The molecule has 1 radical (unpaired) electrons. The van der Waals surface area contributed by atoms with E-state index in [0.29, 0.717) is 0 Å². The minimum absolute atomic E-state index is 0. The molecule has 0 aromatic carbocycles. The zero-order valence-corrected chi connectivity index (χ0v) is 9.44. The predicted octanol–water partition coefficient (Wildman–Crippen LogP) is 3.02. The monoisotopic (exact) mass is 223 g/mol. The van der Waals surface area contributed by atoms with Crippen molar-refractivity contribution in [2.45, 2.75) is 32.6 Å². The van der Waals surface area contributed by atoms with Gasteiger partial charge >= 0.3 is 0 Å². The van der Waals surface area contributed by atoms with E-state index in [-0.39, 0.29) is 26.2 Å². The van der Waals surface area contributed by atoms with Gasteiger partial charge in [0.1, 0.15) is 0 Å². The van der Waals surface area contributed by atoms with Crippen molar-refractivity contribution in [2.24, 2.45) is 0 Å². The predicted molar refractivity (Wildman–Crippen MR) is 43.6 cm³/mol. The van der Waals surface area contributed by atoms with E-state index in [0.717, 1.165) is 0 Å². The van der Waals surface area contributed by atoms with Crippen LogP contribution in [-0.4, -0.2) is 0 Å². The van der Waals surface area contributed by atoms with Crippen LogP contribution in [0.15, 0.2) is 22.8 Å². The van der Waals surface area contributed by atoms with Gasteiger partial charge in [0.15, 0.2) is 0 Å². The smallest absolute Gasteiger partial charge is 0.0116 e. The summed E-state index contributed by atoms with van der Waals surface area (Å²) in [6.45, 7) is 2.19. The van der Waals surface area contributed by atoms with Crippen LogP contribution in [0.3, 0.4) is 0 Å². The summed E-state index contributed by atoms with van der Waals surface area (Å²) in [5, 5.41) is 0. The van der Waals surface area contributed by atoms with Crippen LogP contribution >= 0.6 is 0 Å². The van der Waals surface area contributed by atoms with Crippen molar-refractivity contribution in [2.75, 3.05) is 0 Å². The van der Waals surface area contributed by atoms with E-state index in [4.69, 9.17) is 0 Å². The molecule has 1 heteroatoms. The summed E-state index contributed by atoms with van der Waals surface area (Å²) >= 11 is 0. The van der Waals surface area contributed by atoms with E-state index in [2.05, 4.69) is 19.4 Å². The van der Waals surface area contributed by atoms with Crippen LogP contribution in [0, 0.1) is 6.42 Å². The van der Waals surface area contributed by atoms with Crippen LogP contribution in [-0.2, 0) is 26.2 Å².